The van der Waals surface area contributed by atoms with Crippen molar-refractivity contribution in [3.8, 4) is 0 Å². The number of carbonyl (C=O) groups excluding carboxylic acids is 1. The number of amides is 1. The lowest BCUT2D eigenvalue weighted by Crippen LogP contribution is -2.15. The van der Waals surface area contributed by atoms with E-state index in [1.807, 2.05) is 19.9 Å². The fraction of sp³-hybridized carbons (Fsp3) is 0.231. The monoisotopic (exact) mass is 278 g/mol. The molecule has 0 saturated heterocycles. The van der Waals surface area contributed by atoms with Crippen LogP contribution >= 0.6 is 11.6 Å². The second kappa shape index (κ2) is 4.93. The van der Waals surface area contributed by atoms with E-state index in [-0.39, 0.29) is 5.91 Å². The molecule has 1 aromatic carbocycles. The van der Waals surface area contributed by atoms with Crippen LogP contribution in [0.25, 0.3) is 0 Å². The molecule has 2 rings (SSSR count). The second-order valence-electron chi connectivity index (χ2n) is 4.46. The van der Waals surface area contributed by atoms with Crippen LogP contribution in [0.4, 0.5) is 11.5 Å². The number of anilines is 2. The van der Waals surface area contributed by atoms with Crippen LogP contribution in [-0.4, -0.2) is 15.7 Å². The maximum atomic E-state index is 12.1. The number of aromatic nitrogens is 2. The van der Waals surface area contributed by atoms with E-state index in [1.165, 1.54) is 10.9 Å². The van der Waals surface area contributed by atoms with Crippen molar-refractivity contribution in [1.82, 2.24) is 9.78 Å². The Morgan fingerprint density at radius 2 is 2.11 bits per heavy atom. The summed E-state index contributed by atoms with van der Waals surface area (Å²) in [6.07, 6.45) is 1.43. The molecular formula is C13H15ClN4O. The second-order valence-corrected chi connectivity index (χ2v) is 4.87. The lowest BCUT2D eigenvalue weighted by molar-refractivity contribution is 0.102. The average Bonchev–Trinajstić information content (AvgIpc) is 2.64. The van der Waals surface area contributed by atoms with Crippen LogP contribution in [0.1, 0.15) is 21.5 Å². The van der Waals surface area contributed by atoms with Gasteiger partial charge in [-0.05, 0) is 31.0 Å². The van der Waals surface area contributed by atoms with Gasteiger partial charge in [-0.25, -0.2) is 0 Å². The molecule has 19 heavy (non-hydrogen) atoms. The molecule has 0 saturated carbocycles. The van der Waals surface area contributed by atoms with E-state index in [0.717, 1.165) is 11.1 Å². The molecule has 1 amide bonds. The Balaban J connectivity index is 2.32. The van der Waals surface area contributed by atoms with Gasteiger partial charge in [-0.3, -0.25) is 9.48 Å². The van der Waals surface area contributed by atoms with Crippen LogP contribution in [0.2, 0.25) is 5.02 Å². The van der Waals surface area contributed by atoms with Gasteiger partial charge in [0, 0.05) is 7.05 Å². The highest BCUT2D eigenvalue weighted by Gasteiger charge is 2.16. The highest BCUT2D eigenvalue weighted by Crippen LogP contribution is 2.28. The molecule has 2 aromatic rings. The molecule has 0 unspecified atom stereocenters. The van der Waals surface area contributed by atoms with Crippen molar-refractivity contribution >= 4 is 29.0 Å². The summed E-state index contributed by atoms with van der Waals surface area (Å²) in [5.74, 6) is -0.00200. The van der Waals surface area contributed by atoms with E-state index >= 15 is 0 Å². The Morgan fingerprint density at radius 3 is 2.63 bits per heavy atom. The lowest BCUT2D eigenvalue weighted by Gasteiger charge is -2.11. The minimum atomic E-state index is -0.320. The first kappa shape index (κ1) is 13.4. The Labute approximate surface area is 116 Å². The Hall–Kier alpha value is -2.01. The molecule has 0 aliphatic carbocycles. The summed E-state index contributed by atoms with van der Waals surface area (Å²) < 4.78 is 1.44. The normalized spacial score (nSPS) is 10.5. The van der Waals surface area contributed by atoms with Crippen LogP contribution in [-0.2, 0) is 7.05 Å². The van der Waals surface area contributed by atoms with Crippen LogP contribution in [0.5, 0.6) is 0 Å². The number of halogens is 1. The number of hydrogen-bond donors (Lipinski definition) is 2. The number of aryl methyl sites for hydroxylation is 3. The Morgan fingerprint density at radius 1 is 1.42 bits per heavy atom. The molecule has 6 heteroatoms. The van der Waals surface area contributed by atoms with E-state index < -0.39 is 0 Å². The van der Waals surface area contributed by atoms with Crippen molar-refractivity contribution in [2.75, 3.05) is 11.1 Å². The third-order valence-corrected chi connectivity index (χ3v) is 3.20. The molecule has 1 aromatic heterocycles. The molecule has 0 bridgehead atoms. The van der Waals surface area contributed by atoms with Gasteiger partial charge >= 0.3 is 0 Å². The van der Waals surface area contributed by atoms with Crippen molar-refractivity contribution in [3.63, 3.8) is 0 Å². The summed E-state index contributed by atoms with van der Waals surface area (Å²) in [5.41, 5.74) is 8.64. The smallest absolute Gasteiger partial charge is 0.261 e. The topological polar surface area (TPSA) is 72.9 Å². The molecule has 5 nitrogen and oxygen atoms in total. The van der Waals surface area contributed by atoms with Gasteiger partial charge in [0.25, 0.3) is 5.91 Å². The number of hydrogen-bond acceptors (Lipinski definition) is 3. The Kier molecular flexibility index (Phi) is 3.48. The number of nitrogens with one attached hydrogen (secondary N) is 1. The number of rotatable bonds is 2. The van der Waals surface area contributed by atoms with Crippen molar-refractivity contribution in [2.45, 2.75) is 13.8 Å². The summed E-state index contributed by atoms with van der Waals surface area (Å²) in [6.45, 7) is 3.84. The van der Waals surface area contributed by atoms with Gasteiger partial charge in [0.2, 0.25) is 0 Å². The fourth-order valence-corrected chi connectivity index (χ4v) is 2.25. The van der Waals surface area contributed by atoms with Gasteiger partial charge in [0.15, 0.2) is 0 Å². The third-order valence-electron chi connectivity index (χ3n) is 2.90. The van der Waals surface area contributed by atoms with Gasteiger partial charge < -0.3 is 11.1 Å². The van der Waals surface area contributed by atoms with Gasteiger partial charge in [-0.2, -0.15) is 5.10 Å². The number of carbonyl (C=O) groups is 1. The van der Waals surface area contributed by atoms with Gasteiger partial charge in [-0.15, -0.1) is 0 Å². The quantitative estimate of drug-likeness (QED) is 0.886. The largest absolute Gasteiger partial charge is 0.383 e. The summed E-state index contributed by atoms with van der Waals surface area (Å²) in [5, 5.41) is 7.22. The first-order chi connectivity index (χ1) is 8.90. The zero-order valence-corrected chi connectivity index (χ0v) is 11.7. The van der Waals surface area contributed by atoms with Gasteiger partial charge in [0.1, 0.15) is 11.4 Å². The number of nitrogen functional groups attached to an aromatic ring is 1. The summed E-state index contributed by atoms with van der Waals surface area (Å²) in [4.78, 5) is 12.1. The predicted octanol–water partition coefficient (Wildman–Crippen LogP) is 2.52. The van der Waals surface area contributed by atoms with Gasteiger partial charge in [-0.1, -0.05) is 17.7 Å². The standard InChI is InChI=1S/C13H15ClN4O/c1-7-4-8(2)11(10(14)5-7)17-13(19)9-6-16-18(3)12(9)15/h4-6H,15H2,1-3H3,(H,17,19). The lowest BCUT2D eigenvalue weighted by atomic mass is 10.1. The Bertz CT molecular complexity index is 625. The molecule has 0 fully saturated rings. The first-order valence-corrected chi connectivity index (χ1v) is 6.13. The summed E-state index contributed by atoms with van der Waals surface area (Å²) in [7, 11) is 1.68. The van der Waals surface area contributed by atoms with Gasteiger partial charge in [0.05, 0.1) is 16.9 Å². The van der Waals surface area contributed by atoms with Crippen molar-refractivity contribution in [1.29, 1.82) is 0 Å². The average molecular weight is 279 g/mol. The van der Waals surface area contributed by atoms with Crippen LogP contribution < -0.4 is 11.1 Å². The first-order valence-electron chi connectivity index (χ1n) is 5.75. The zero-order chi connectivity index (χ0) is 14.2. The van der Waals surface area contributed by atoms with Crippen molar-refractivity contribution < 1.29 is 4.79 Å². The maximum absolute atomic E-state index is 12.1. The highest BCUT2D eigenvalue weighted by atomic mass is 35.5. The molecule has 3 N–H and O–H groups in total. The van der Waals surface area contributed by atoms with Crippen LogP contribution in [0, 0.1) is 13.8 Å². The van der Waals surface area contributed by atoms with E-state index in [1.54, 1.807) is 13.1 Å². The van der Waals surface area contributed by atoms with E-state index in [2.05, 4.69) is 10.4 Å². The van der Waals surface area contributed by atoms with E-state index in [4.69, 9.17) is 17.3 Å². The molecule has 1 heterocycles. The molecule has 0 aliphatic heterocycles. The number of benzene rings is 1. The van der Waals surface area contributed by atoms with Crippen molar-refractivity contribution in [2.24, 2.45) is 7.05 Å². The third kappa shape index (κ3) is 2.56. The molecule has 0 spiro atoms. The molecule has 0 radical (unpaired) electrons. The summed E-state index contributed by atoms with van der Waals surface area (Å²) in [6, 6.07) is 3.75. The van der Waals surface area contributed by atoms with E-state index in [0.29, 0.717) is 22.1 Å². The minimum absolute atomic E-state index is 0.318. The zero-order valence-electron chi connectivity index (χ0n) is 11.0. The number of nitrogens with zero attached hydrogens (tertiary/aromatic N) is 2. The number of nitrogens with two attached hydrogens (primary N) is 1. The van der Waals surface area contributed by atoms with Crippen LogP contribution in [0.15, 0.2) is 18.3 Å². The van der Waals surface area contributed by atoms with Crippen LogP contribution in [0.3, 0.4) is 0 Å². The summed E-state index contributed by atoms with van der Waals surface area (Å²) >= 11 is 6.14. The van der Waals surface area contributed by atoms with E-state index in [9.17, 15) is 4.79 Å². The maximum Gasteiger partial charge on any atom is 0.261 e. The predicted molar refractivity (Wildman–Crippen MR) is 76.5 cm³/mol. The molecule has 0 aliphatic rings. The molecule has 100 valence electrons. The molecule has 0 atom stereocenters. The highest BCUT2D eigenvalue weighted by molar-refractivity contribution is 6.34. The van der Waals surface area contributed by atoms with Crippen molar-refractivity contribution in [3.05, 3.63) is 40.0 Å². The minimum Gasteiger partial charge on any atom is -0.383 e. The fourth-order valence-electron chi connectivity index (χ4n) is 1.88. The molecular weight excluding hydrogens is 264 g/mol. The SMILES string of the molecule is Cc1cc(C)c(NC(=O)c2cnn(C)c2N)c(Cl)c1.